The summed E-state index contributed by atoms with van der Waals surface area (Å²) in [6.07, 6.45) is 7.57. The molecule has 1 atom stereocenters. The maximum absolute atomic E-state index is 5.84. The summed E-state index contributed by atoms with van der Waals surface area (Å²) in [5.74, 6) is 7.56. The molecule has 3 nitrogen and oxygen atoms in total. The van der Waals surface area contributed by atoms with E-state index in [9.17, 15) is 0 Å². The van der Waals surface area contributed by atoms with Gasteiger partial charge in [-0.3, -0.25) is 11.3 Å². The number of hydrazine groups is 1. The van der Waals surface area contributed by atoms with Gasteiger partial charge in [0.15, 0.2) is 0 Å². The molecule has 2 rings (SSSR count). The topological polar surface area (TPSA) is 47.3 Å². The van der Waals surface area contributed by atoms with E-state index in [-0.39, 0.29) is 6.04 Å². The van der Waals surface area contributed by atoms with E-state index in [1.807, 2.05) is 12.1 Å². The van der Waals surface area contributed by atoms with Crippen LogP contribution in [0.15, 0.2) is 24.3 Å². The second kappa shape index (κ2) is 7.51. The minimum absolute atomic E-state index is 0.205. The molecule has 0 amide bonds. The molecule has 0 bridgehead atoms. The number of hydrogen-bond acceptors (Lipinski definition) is 3. The smallest absolute Gasteiger partial charge is 0.124 e. The van der Waals surface area contributed by atoms with Crippen molar-refractivity contribution >= 4 is 0 Å². The SMILES string of the molecule is CCCOc1ccccc1C(CC1CCCC1)NN. The second-order valence-electron chi connectivity index (χ2n) is 5.49. The predicted octanol–water partition coefficient (Wildman–Crippen LogP) is 3.56. The molecule has 3 N–H and O–H groups in total. The van der Waals surface area contributed by atoms with Crippen LogP contribution in [-0.2, 0) is 0 Å². The van der Waals surface area contributed by atoms with Gasteiger partial charge >= 0.3 is 0 Å². The van der Waals surface area contributed by atoms with Gasteiger partial charge in [-0.15, -0.1) is 0 Å². The molecule has 0 aromatic heterocycles. The molecular weight excluding hydrogens is 236 g/mol. The molecule has 0 spiro atoms. The molecule has 0 saturated heterocycles. The number of ether oxygens (including phenoxy) is 1. The van der Waals surface area contributed by atoms with Crippen LogP contribution in [0.5, 0.6) is 5.75 Å². The first-order chi connectivity index (χ1) is 9.35. The van der Waals surface area contributed by atoms with Crippen LogP contribution in [-0.4, -0.2) is 6.61 Å². The third-order valence-electron chi connectivity index (χ3n) is 4.00. The molecule has 3 heteroatoms. The average Bonchev–Trinajstić information content (AvgIpc) is 2.96. The Bertz CT molecular complexity index is 375. The van der Waals surface area contributed by atoms with Crippen molar-refractivity contribution in [2.24, 2.45) is 11.8 Å². The Morgan fingerprint density at radius 1 is 1.32 bits per heavy atom. The van der Waals surface area contributed by atoms with E-state index in [1.165, 1.54) is 31.2 Å². The van der Waals surface area contributed by atoms with E-state index >= 15 is 0 Å². The summed E-state index contributed by atoms with van der Waals surface area (Å²) in [6, 6.07) is 8.47. The number of hydrogen-bond donors (Lipinski definition) is 2. The summed E-state index contributed by atoms with van der Waals surface area (Å²) in [5.41, 5.74) is 4.18. The van der Waals surface area contributed by atoms with Crippen molar-refractivity contribution in [3.8, 4) is 5.75 Å². The first-order valence-corrected chi connectivity index (χ1v) is 7.53. The van der Waals surface area contributed by atoms with Crippen molar-refractivity contribution in [1.29, 1.82) is 0 Å². The lowest BCUT2D eigenvalue weighted by molar-refractivity contribution is 0.305. The van der Waals surface area contributed by atoms with Crippen LogP contribution < -0.4 is 16.0 Å². The van der Waals surface area contributed by atoms with Gasteiger partial charge in [0.25, 0.3) is 0 Å². The third kappa shape index (κ3) is 3.95. The van der Waals surface area contributed by atoms with Gasteiger partial charge in [0.2, 0.25) is 0 Å². The second-order valence-corrected chi connectivity index (χ2v) is 5.49. The quantitative estimate of drug-likeness (QED) is 0.583. The highest BCUT2D eigenvalue weighted by Crippen LogP contribution is 2.35. The lowest BCUT2D eigenvalue weighted by Crippen LogP contribution is -2.29. The van der Waals surface area contributed by atoms with Crippen LogP contribution >= 0.6 is 0 Å². The van der Waals surface area contributed by atoms with Crippen LogP contribution in [0.25, 0.3) is 0 Å². The van der Waals surface area contributed by atoms with Gasteiger partial charge in [-0.05, 0) is 24.8 Å². The number of nitrogens with one attached hydrogen (secondary N) is 1. The van der Waals surface area contributed by atoms with Gasteiger partial charge in [0.1, 0.15) is 5.75 Å². The third-order valence-corrected chi connectivity index (χ3v) is 4.00. The summed E-state index contributed by atoms with van der Waals surface area (Å²) in [5, 5.41) is 0. The highest BCUT2D eigenvalue weighted by atomic mass is 16.5. The van der Waals surface area contributed by atoms with Crippen molar-refractivity contribution < 1.29 is 4.74 Å². The highest BCUT2D eigenvalue weighted by molar-refractivity contribution is 5.36. The largest absolute Gasteiger partial charge is 0.493 e. The van der Waals surface area contributed by atoms with Crippen molar-refractivity contribution in [2.75, 3.05) is 6.61 Å². The molecule has 1 fully saturated rings. The van der Waals surface area contributed by atoms with Crippen molar-refractivity contribution in [2.45, 2.75) is 51.5 Å². The predicted molar refractivity (Wildman–Crippen MR) is 78.9 cm³/mol. The maximum Gasteiger partial charge on any atom is 0.124 e. The molecule has 1 aromatic rings. The Balaban J connectivity index is 2.07. The van der Waals surface area contributed by atoms with E-state index in [1.54, 1.807) is 0 Å². The van der Waals surface area contributed by atoms with Crippen LogP contribution in [0.1, 0.15) is 57.1 Å². The van der Waals surface area contributed by atoms with Crippen LogP contribution in [0.3, 0.4) is 0 Å². The Morgan fingerprint density at radius 2 is 2.05 bits per heavy atom. The van der Waals surface area contributed by atoms with Crippen molar-refractivity contribution in [3.63, 3.8) is 0 Å². The summed E-state index contributed by atoms with van der Waals surface area (Å²) >= 11 is 0. The number of nitrogens with two attached hydrogens (primary N) is 1. The standard InChI is InChI=1S/C16H26N2O/c1-2-11-19-16-10-6-5-9-14(16)15(18-17)12-13-7-3-4-8-13/h5-6,9-10,13,15,18H,2-4,7-8,11-12,17H2,1H3. The summed E-state index contributed by atoms with van der Waals surface area (Å²) in [7, 11) is 0. The minimum atomic E-state index is 0.205. The minimum Gasteiger partial charge on any atom is -0.493 e. The zero-order chi connectivity index (χ0) is 13.5. The monoisotopic (exact) mass is 262 g/mol. The normalized spacial score (nSPS) is 17.6. The lowest BCUT2D eigenvalue weighted by atomic mass is 9.93. The summed E-state index contributed by atoms with van der Waals surface area (Å²) in [4.78, 5) is 0. The Hall–Kier alpha value is -1.06. The van der Waals surface area contributed by atoms with Gasteiger partial charge in [-0.1, -0.05) is 50.8 Å². The fraction of sp³-hybridized carbons (Fsp3) is 0.625. The lowest BCUT2D eigenvalue weighted by Gasteiger charge is -2.22. The Kier molecular flexibility index (Phi) is 5.67. The fourth-order valence-corrected chi connectivity index (χ4v) is 2.98. The molecule has 1 aromatic carbocycles. The molecule has 19 heavy (non-hydrogen) atoms. The summed E-state index contributed by atoms with van der Waals surface area (Å²) < 4.78 is 5.84. The van der Waals surface area contributed by atoms with Crippen LogP contribution in [0.2, 0.25) is 0 Å². The molecule has 1 saturated carbocycles. The Labute approximate surface area is 116 Å². The molecule has 1 aliphatic rings. The molecule has 1 aliphatic carbocycles. The van der Waals surface area contributed by atoms with E-state index in [4.69, 9.17) is 10.6 Å². The van der Waals surface area contributed by atoms with Crippen LogP contribution in [0, 0.1) is 5.92 Å². The first kappa shape index (κ1) is 14.4. The highest BCUT2D eigenvalue weighted by Gasteiger charge is 2.22. The van der Waals surface area contributed by atoms with E-state index in [0.29, 0.717) is 0 Å². The van der Waals surface area contributed by atoms with Gasteiger partial charge < -0.3 is 4.74 Å². The van der Waals surface area contributed by atoms with E-state index in [0.717, 1.165) is 31.1 Å². The average molecular weight is 262 g/mol. The van der Waals surface area contributed by atoms with Gasteiger partial charge in [0.05, 0.1) is 6.61 Å². The zero-order valence-corrected chi connectivity index (χ0v) is 11.9. The molecular formula is C16H26N2O. The zero-order valence-electron chi connectivity index (χ0n) is 11.9. The number of rotatable bonds is 7. The fourth-order valence-electron chi connectivity index (χ4n) is 2.98. The Morgan fingerprint density at radius 3 is 2.74 bits per heavy atom. The number of benzene rings is 1. The molecule has 0 radical (unpaired) electrons. The molecule has 1 unspecified atom stereocenters. The molecule has 0 aliphatic heterocycles. The van der Waals surface area contributed by atoms with E-state index in [2.05, 4.69) is 24.5 Å². The van der Waals surface area contributed by atoms with Crippen molar-refractivity contribution in [3.05, 3.63) is 29.8 Å². The maximum atomic E-state index is 5.84. The van der Waals surface area contributed by atoms with Gasteiger partial charge in [-0.25, -0.2) is 0 Å². The molecule has 106 valence electrons. The van der Waals surface area contributed by atoms with Crippen LogP contribution in [0.4, 0.5) is 0 Å². The van der Waals surface area contributed by atoms with E-state index < -0.39 is 0 Å². The molecule has 0 heterocycles. The van der Waals surface area contributed by atoms with Gasteiger partial charge in [0, 0.05) is 11.6 Å². The van der Waals surface area contributed by atoms with Gasteiger partial charge in [-0.2, -0.15) is 0 Å². The van der Waals surface area contributed by atoms with Crippen molar-refractivity contribution in [1.82, 2.24) is 5.43 Å². The summed E-state index contributed by atoms with van der Waals surface area (Å²) in [6.45, 7) is 2.89. The number of para-hydroxylation sites is 1. The first-order valence-electron chi connectivity index (χ1n) is 7.53.